The molecule has 0 saturated heterocycles. The molecule has 1 heterocycles. The lowest BCUT2D eigenvalue weighted by Crippen LogP contribution is -2.35. The molecule has 0 atom stereocenters. The van der Waals surface area contributed by atoms with Crippen LogP contribution in [0.4, 0.5) is 9.18 Å². The van der Waals surface area contributed by atoms with Crippen molar-refractivity contribution in [3.05, 3.63) is 23.5 Å². The third kappa shape index (κ3) is 4.29. The van der Waals surface area contributed by atoms with Crippen LogP contribution in [0.3, 0.4) is 0 Å². The zero-order valence-corrected chi connectivity index (χ0v) is 10.9. The van der Waals surface area contributed by atoms with Gasteiger partial charge in [-0.25, -0.2) is 9.18 Å². The maximum atomic E-state index is 12.9. The number of hydrogen-bond acceptors (Lipinski definition) is 4. The molecule has 0 unspecified atom stereocenters. The third-order valence-electron chi connectivity index (χ3n) is 2.25. The predicted molar refractivity (Wildman–Crippen MR) is 64.6 cm³/mol. The van der Waals surface area contributed by atoms with Crippen LogP contribution in [0.15, 0.2) is 12.1 Å². The van der Waals surface area contributed by atoms with E-state index in [2.05, 4.69) is 0 Å². The molecular weight excluding hydrogens is 257 g/mol. The summed E-state index contributed by atoms with van der Waals surface area (Å²) in [6.07, 6.45) is -0.995. The number of ether oxygens (including phenoxy) is 2. The summed E-state index contributed by atoms with van der Waals surface area (Å²) in [4.78, 5) is 9.26. The highest BCUT2D eigenvalue weighted by atomic mass is 19.1. The van der Waals surface area contributed by atoms with Crippen LogP contribution in [0.2, 0.25) is 0 Å². The second-order valence-electron chi connectivity index (χ2n) is 4.26. The number of fused-ring (bicyclic) bond motifs is 1. The van der Waals surface area contributed by atoms with Gasteiger partial charge in [0, 0.05) is 32.5 Å². The fourth-order valence-corrected chi connectivity index (χ4v) is 1.39. The van der Waals surface area contributed by atoms with Crippen LogP contribution in [0.5, 0.6) is 11.5 Å². The van der Waals surface area contributed by atoms with Gasteiger partial charge in [-0.2, -0.15) is 0 Å². The van der Waals surface area contributed by atoms with Crippen molar-refractivity contribution in [2.75, 3.05) is 7.05 Å². The second-order valence-corrected chi connectivity index (χ2v) is 4.26. The quantitative estimate of drug-likeness (QED) is 0.673. The first kappa shape index (κ1) is 15.0. The van der Waals surface area contributed by atoms with E-state index in [1.54, 1.807) is 13.8 Å². The Hall–Kier alpha value is -2.02. The molecule has 1 aromatic rings. The van der Waals surface area contributed by atoms with E-state index in [0.717, 1.165) is 6.07 Å². The molecular formula is C12H16FNO5. The summed E-state index contributed by atoms with van der Waals surface area (Å²) in [5.41, 5.74) is 0.529. The SMILES string of the molecule is CC1(C)OCc2cc(F)cc(O)c2O1.CNC(=O)O. The van der Waals surface area contributed by atoms with Crippen molar-refractivity contribution in [2.45, 2.75) is 26.2 Å². The zero-order chi connectivity index (χ0) is 14.6. The fraction of sp³-hybridized carbons (Fsp3) is 0.417. The van der Waals surface area contributed by atoms with Gasteiger partial charge >= 0.3 is 6.09 Å². The Morgan fingerprint density at radius 2 is 2.05 bits per heavy atom. The highest BCUT2D eigenvalue weighted by Crippen LogP contribution is 2.38. The smallest absolute Gasteiger partial charge is 0.404 e. The van der Waals surface area contributed by atoms with Gasteiger partial charge in [0.25, 0.3) is 0 Å². The van der Waals surface area contributed by atoms with E-state index in [-0.39, 0.29) is 12.4 Å². The first-order valence-corrected chi connectivity index (χ1v) is 5.50. The minimum absolute atomic E-state index is 0.184. The molecule has 7 heteroatoms. The molecule has 0 bridgehead atoms. The standard InChI is InChI=1S/C10H11FO3.C2H5NO2/c1-10(2)13-5-6-3-7(11)4-8(12)9(6)14-10;1-3-2(4)5/h3-4,12H,5H2,1-2H3;3H,1H3,(H,4,5). The number of benzene rings is 1. The molecule has 1 aliphatic heterocycles. The third-order valence-corrected chi connectivity index (χ3v) is 2.25. The van der Waals surface area contributed by atoms with E-state index in [1.165, 1.54) is 13.1 Å². The molecule has 6 nitrogen and oxygen atoms in total. The highest BCUT2D eigenvalue weighted by Gasteiger charge is 2.29. The van der Waals surface area contributed by atoms with Crippen molar-refractivity contribution >= 4 is 6.09 Å². The predicted octanol–water partition coefficient (Wildman–Crippen LogP) is 2.06. The largest absolute Gasteiger partial charge is 0.504 e. The van der Waals surface area contributed by atoms with Crippen LogP contribution in [0.25, 0.3) is 0 Å². The van der Waals surface area contributed by atoms with E-state index in [0.29, 0.717) is 11.3 Å². The number of aromatic hydroxyl groups is 1. The average Bonchev–Trinajstić information content (AvgIpc) is 2.30. The summed E-state index contributed by atoms with van der Waals surface area (Å²) < 4.78 is 23.5. The van der Waals surface area contributed by atoms with Gasteiger partial charge in [0.15, 0.2) is 11.5 Å². The number of hydrogen-bond donors (Lipinski definition) is 3. The first-order chi connectivity index (χ1) is 8.75. The summed E-state index contributed by atoms with van der Waals surface area (Å²) >= 11 is 0. The summed E-state index contributed by atoms with van der Waals surface area (Å²) in [6, 6.07) is 2.32. The van der Waals surface area contributed by atoms with Gasteiger partial charge in [0.1, 0.15) is 5.82 Å². The molecule has 19 heavy (non-hydrogen) atoms. The molecule has 106 valence electrons. The van der Waals surface area contributed by atoms with Crippen LogP contribution in [0, 0.1) is 5.82 Å². The van der Waals surface area contributed by atoms with E-state index >= 15 is 0 Å². The Balaban J connectivity index is 0.000000312. The Morgan fingerprint density at radius 1 is 1.47 bits per heavy atom. The summed E-state index contributed by atoms with van der Waals surface area (Å²) in [5, 5.41) is 19.0. The average molecular weight is 273 g/mol. The van der Waals surface area contributed by atoms with Gasteiger partial charge in [-0.3, -0.25) is 0 Å². The fourth-order valence-electron chi connectivity index (χ4n) is 1.39. The van der Waals surface area contributed by atoms with Gasteiger partial charge in [-0.15, -0.1) is 0 Å². The first-order valence-electron chi connectivity index (χ1n) is 5.50. The summed E-state index contributed by atoms with van der Waals surface area (Å²) in [6.45, 7) is 3.71. The molecule has 0 spiro atoms. The number of phenolic OH excluding ortho intramolecular Hbond substituents is 1. The highest BCUT2D eigenvalue weighted by molar-refractivity contribution is 5.63. The molecule has 3 N–H and O–H groups in total. The number of carbonyl (C=O) groups is 1. The number of amides is 1. The second kappa shape index (κ2) is 5.75. The van der Waals surface area contributed by atoms with E-state index in [4.69, 9.17) is 14.6 Å². The maximum absolute atomic E-state index is 12.9. The van der Waals surface area contributed by atoms with Gasteiger partial charge < -0.3 is 25.0 Å². The molecule has 0 fully saturated rings. The van der Waals surface area contributed by atoms with Crippen LogP contribution < -0.4 is 10.1 Å². The number of phenols is 1. The summed E-state index contributed by atoms with van der Waals surface area (Å²) in [7, 11) is 1.35. The molecule has 0 aliphatic carbocycles. The van der Waals surface area contributed by atoms with Gasteiger partial charge in [0.05, 0.1) is 6.61 Å². The van der Waals surface area contributed by atoms with Crippen molar-refractivity contribution in [1.82, 2.24) is 5.32 Å². The van der Waals surface area contributed by atoms with Gasteiger partial charge in [-0.05, 0) is 6.07 Å². The van der Waals surface area contributed by atoms with Crippen LogP contribution >= 0.6 is 0 Å². The number of nitrogens with one attached hydrogen (secondary N) is 1. The van der Waals surface area contributed by atoms with E-state index in [1.807, 2.05) is 5.32 Å². The normalized spacial score (nSPS) is 15.4. The molecule has 0 saturated carbocycles. The van der Waals surface area contributed by atoms with E-state index in [9.17, 15) is 14.3 Å². The Morgan fingerprint density at radius 3 is 2.58 bits per heavy atom. The molecule has 0 radical (unpaired) electrons. The van der Waals surface area contributed by atoms with Gasteiger partial charge in [0.2, 0.25) is 5.79 Å². The molecule has 1 aromatic carbocycles. The van der Waals surface area contributed by atoms with Crippen molar-refractivity contribution in [3.63, 3.8) is 0 Å². The molecule has 1 aliphatic rings. The minimum atomic E-state index is -0.995. The zero-order valence-electron chi connectivity index (χ0n) is 10.9. The van der Waals surface area contributed by atoms with Crippen molar-refractivity contribution in [2.24, 2.45) is 0 Å². The van der Waals surface area contributed by atoms with Crippen molar-refractivity contribution in [3.8, 4) is 11.5 Å². The molecule has 2 rings (SSSR count). The molecule has 1 amide bonds. The van der Waals surface area contributed by atoms with Crippen LogP contribution in [-0.2, 0) is 11.3 Å². The Kier molecular flexibility index (Phi) is 4.55. The number of halogens is 1. The van der Waals surface area contributed by atoms with Crippen LogP contribution in [-0.4, -0.2) is 29.1 Å². The summed E-state index contributed by atoms with van der Waals surface area (Å²) in [5.74, 6) is -1.14. The lowest BCUT2D eigenvalue weighted by atomic mass is 10.1. The Bertz CT molecular complexity index is 475. The van der Waals surface area contributed by atoms with Crippen molar-refractivity contribution < 1.29 is 28.9 Å². The van der Waals surface area contributed by atoms with E-state index < -0.39 is 17.7 Å². The Labute approximate surface area is 109 Å². The van der Waals surface area contributed by atoms with Gasteiger partial charge in [-0.1, -0.05) is 0 Å². The number of rotatable bonds is 0. The lowest BCUT2D eigenvalue weighted by molar-refractivity contribution is -0.181. The van der Waals surface area contributed by atoms with Crippen LogP contribution in [0.1, 0.15) is 19.4 Å². The van der Waals surface area contributed by atoms with Crippen molar-refractivity contribution in [1.29, 1.82) is 0 Å². The minimum Gasteiger partial charge on any atom is -0.504 e. The topological polar surface area (TPSA) is 88.0 Å². The number of carboxylic acid groups (broad SMARTS) is 1. The monoisotopic (exact) mass is 273 g/mol. The molecule has 0 aromatic heterocycles. The maximum Gasteiger partial charge on any atom is 0.404 e. The lowest BCUT2D eigenvalue weighted by Gasteiger charge is -2.32.